The molecular formula is C14H24BrNO. The van der Waals surface area contributed by atoms with Gasteiger partial charge in [-0.2, -0.15) is 0 Å². The molecule has 0 aromatic rings. The Balaban J connectivity index is 1.65. The molecule has 3 atom stereocenters. The van der Waals surface area contributed by atoms with Gasteiger partial charge in [0.15, 0.2) is 0 Å². The summed E-state index contributed by atoms with van der Waals surface area (Å²) in [7, 11) is 0. The van der Waals surface area contributed by atoms with Crippen LogP contribution in [0.3, 0.4) is 0 Å². The van der Waals surface area contributed by atoms with Gasteiger partial charge >= 0.3 is 0 Å². The number of carbonyl (C=O) groups excluding carboxylic acids is 1. The molecule has 3 unspecified atom stereocenters. The molecule has 0 saturated heterocycles. The predicted molar refractivity (Wildman–Crippen MR) is 74.1 cm³/mol. The number of carbonyl (C=O) groups is 1. The molecule has 2 saturated carbocycles. The molecule has 0 spiro atoms. The first-order chi connectivity index (χ1) is 7.85. The van der Waals surface area contributed by atoms with Crippen LogP contribution >= 0.6 is 15.9 Å². The second kappa shape index (κ2) is 4.91. The molecule has 98 valence electrons. The van der Waals surface area contributed by atoms with E-state index in [4.69, 9.17) is 0 Å². The lowest BCUT2D eigenvalue weighted by atomic mass is 9.90. The van der Waals surface area contributed by atoms with E-state index in [-0.39, 0.29) is 5.91 Å². The van der Waals surface area contributed by atoms with Crippen molar-refractivity contribution in [1.82, 2.24) is 5.32 Å². The zero-order valence-corrected chi connectivity index (χ0v) is 12.7. The maximum Gasteiger partial charge on any atom is 0.223 e. The van der Waals surface area contributed by atoms with Gasteiger partial charge in [0.2, 0.25) is 5.91 Å². The van der Waals surface area contributed by atoms with Crippen molar-refractivity contribution in [3.8, 4) is 0 Å². The van der Waals surface area contributed by atoms with Crippen LogP contribution in [0.25, 0.3) is 0 Å². The van der Waals surface area contributed by atoms with Gasteiger partial charge in [0.05, 0.1) is 0 Å². The van der Waals surface area contributed by atoms with Gasteiger partial charge < -0.3 is 5.32 Å². The van der Waals surface area contributed by atoms with Gasteiger partial charge in [-0.25, -0.2) is 0 Å². The van der Waals surface area contributed by atoms with E-state index >= 15 is 0 Å². The summed E-state index contributed by atoms with van der Waals surface area (Å²) in [6, 6.07) is 0. The third kappa shape index (κ3) is 3.97. The van der Waals surface area contributed by atoms with E-state index in [0.717, 1.165) is 37.6 Å². The zero-order chi connectivity index (χ0) is 12.6. The molecule has 1 amide bonds. The molecule has 0 bridgehead atoms. The van der Waals surface area contributed by atoms with E-state index in [1.165, 1.54) is 6.42 Å². The average Bonchev–Trinajstić information content (AvgIpc) is 2.80. The van der Waals surface area contributed by atoms with E-state index in [0.29, 0.717) is 16.2 Å². The van der Waals surface area contributed by atoms with E-state index in [1.807, 2.05) is 0 Å². The molecule has 2 aliphatic rings. The molecule has 2 aliphatic carbocycles. The van der Waals surface area contributed by atoms with Crippen LogP contribution in [0.2, 0.25) is 0 Å². The Hall–Kier alpha value is -0.0500. The number of rotatable bonds is 4. The first-order valence-corrected chi connectivity index (χ1v) is 7.68. The quantitative estimate of drug-likeness (QED) is 0.793. The fourth-order valence-corrected chi connectivity index (χ4v) is 4.15. The maximum absolute atomic E-state index is 11.9. The third-order valence-corrected chi connectivity index (χ3v) is 4.59. The number of fused-ring (bicyclic) bond motifs is 1. The SMILES string of the molecule is CC(C)(C)CC(Br)CNC(=O)C1CC2CC2C1. The molecule has 2 rings (SSSR count). The van der Waals surface area contributed by atoms with Gasteiger partial charge in [-0.3, -0.25) is 4.79 Å². The summed E-state index contributed by atoms with van der Waals surface area (Å²) < 4.78 is 0. The molecule has 0 aromatic carbocycles. The second-order valence-corrected chi connectivity index (χ2v) is 8.33. The van der Waals surface area contributed by atoms with Crippen LogP contribution in [-0.2, 0) is 4.79 Å². The van der Waals surface area contributed by atoms with Gasteiger partial charge in [0.1, 0.15) is 0 Å². The van der Waals surface area contributed by atoms with Crippen molar-refractivity contribution in [2.24, 2.45) is 23.2 Å². The summed E-state index contributed by atoms with van der Waals surface area (Å²) >= 11 is 3.66. The van der Waals surface area contributed by atoms with Crippen molar-refractivity contribution in [3.63, 3.8) is 0 Å². The van der Waals surface area contributed by atoms with E-state index < -0.39 is 0 Å². The number of halogens is 1. The Morgan fingerprint density at radius 3 is 2.41 bits per heavy atom. The van der Waals surface area contributed by atoms with Crippen molar-refractivity contribution in [2.75, 3.05) is 6.54 Å². The molecule has 0 aromatic heterocycles. The van der Waals surface area contributed by atoms with Crippen molar-refractivity contribution in [1.29, 1.82) is 0 Å². The largest absolute Gasteiger partial charge is 0.355 e. The lowest BCUT2D eigenvalue weighted by molar-refractivity contribution is -0.125. The van der Waals surface area contributed by atoms with Crippen molar-refractivity contribution < 1.29 is 4.79 Å². The van der Waals surface area contributed by atoms with E-state index in [9.17, 15) is 4.79 Å². The highest BCUT2D eigenvalue weighted by atomic mass is 79.9. The molecule has 0 radical (unpaired) electrons. The number of hydrogen-bond donors (Lipinski definition) is 1. The minimum absolute atomic E-state index is 0.288. The predicted octanol–water partition coefficient (Wildman–Crippen LogP) is 3.35. The molecule has 0 aliphatic heterocycles. The van der Waals surface area contributed by atoms with Crippen LogP contribution in [0.5, 0.6) is 0 Å². The second-order valence-electron chi connectivity index (χ2n) is 7.03. The summed E-state index contributed by atoms with van der Waals surface area (Å²) in [5, 5.41) is 3.10. The summed E-state index contributed by atoms with van der Waals surface area (Å²) in [6.07, 6.45) is 4.75. The summed E-state index contributed by atoms with van der Waals surface area (Å²) in [5.41, 5.74) is 0.313. The van der Waals surface area contributed by atoms with Crippen molar-refractivity contribution in [3.05, 3.63) is 0 Å². The van der Waals surface area contributed by atoms with Gasteiger partial charge in [0, 0.05) is 17.3 Å². The Labute approximate surface area is 113 Å². The number of nitrogens with one attached hydrogen (secondary N) is 1. The van der Waals surface area contributed by atoms with Gasteiger partial charge in [-0.05, 0) is 42.9 Å². The Morgan fingerprint density at radius 1 is 1.29 bits per heavy atom. The van der Waals surface area contributed by atoms with Crippen LogP contribution < -0.4 is 5.32 Å². The molecule has 2 nitrogen and oxygen atoms in total. The van der Waals surface area contributed by atoms with E-state index in [1.54, 1.807) is 0 Å². The van der Waals surface area contributed by atoms with Crippen LogP contribution in [0.4, 0.5) is 0 Å². The van der Waals surface area contributed by atoms with Gasteiger partial charge in [0.25, 0.3) is 0 Å². The van der Waals surface area contributed by atoms with Crippen LogP contribution in [0.1, 0.15) is 46.5 Å². The van der Waals surface area contributed by atoms with Gasteiger partial charge in [-0.15, -0.1) is 0 Å². The zero-order valence-electron chi connectivity index (χ0n) is 11.1. The molecule has 1 N–H and O–H groups in total. The highest BCUT2D eigenvalue weighted by molar-refractivity contribution is 9.09. The Morgan fingerprint density at radius 2 is 1.88 bits per heavy atom. The topological polar surface area (TPSA) is 29.1 Å². The molecule has 3 heteroatoms. The molecule has 0 heterocycles. The van der Waals surface area contributed by atoms with Crippen LogP contribution in [0.15, 0.2) is 0 Å². The number of alkyl halides is 1. The normalized spacial score (nSPS) is 33.1. The average molecular weight is 302 g/mol. The highest BCUT2D eigenvalue weighted by Gasteiger charge is 2.47. The molecular weight excluding hydrogens is 278 g/mol. The third-order valence-electron chi connectivity index (χ3n) is 3.95. The minimum atomic E-state index is 0.288. The Kier molecular flexibility index (Phi) is 3.86. The Bertz CT molecular complexity index is 287. The first kappa shape index (κ1) is 13.4. The van der Waals surface area contributed by atoms with Gasteiger partial charge in [-0.1, -0.05) is 36.7 Å². The van der Waals surface area contributed by atoms with Crippen LogP contribution in [0, 0.1) is 23.2 Å². The number of hydrogen-bond acceptors (Lipinski definition) is 1. The lowest BCUT2D eigenvalue weighted by Gasteiger charge is -2.23. The van der Waals surface area contributed by atoms with E-state index in [2.05, 4.69) is 42.0 Å². The lowest BCUT2D eigenvalue weighted by Crippen LogP contribution is -2.35. The fourth-order valence-electron chi connectivity index (χ4n) is 3.02. The fraction of sp³-hybridized carbons (Fsp3) is 0.929. The van der Waals surface area contributed by atoms with Crippen molar-refractivity contribution >= 4 is 21.8 Å². The number of amides is 1. The molecule has 17 heavy (non-hydrogen) atoms. The summed E-state index contributed by atoms with van der Waals surface area (Å²) in [4.78, 5) is 12.3. The maximum atomic E-state index is 11.9. The summed E-state index contributed by atoms with van der Waals surface area (Å²) in [6.45, 7) is 7.46. The standard InChI is InChI=1S/C14H24BrNO/c1-14(2,3)7-12(15)8-16-13(17)11-5-9-4-10(9)6-11/h9-12H,4-8H2,1-3H3,(H,16,17). The minimum Gasteiger partial charge on any atom is -0.355 e. The van der Waals surface area contributed by atoms with Crippen LogP contribution in [-0.4, -0.2) is 17.3 Å². The highest BCUT2D eigenvalue weighted by Crippen LogP contribution is 2.54. The smallest absolute Gasteiger partial charge is 0.223 e. The molecule has 2 fully saturated rings. The first-order valence-electron chi connectivity index (χ1n) is 6.77. The summed E-state index contributed by atoms with van der Waals surface area (Å²) in [5.74, 6) is 2.38. The van der Waals surface area contributed by atoms with Crippen molar-refractivity contribution in [2.45, 2.75) is 51.3 Å². The monoisotopic (exact) mass is 301 g/mol.